The smallest absolute Gasteiger partial charge is 0.182 e. The summed E-state index contributed by atoms with van der Waals surface area (Å²) in [6.07, 6.45) is 1.85. The number of aromatic nitrogens is 1. The fourth-order valence-electron chi connectivity index (χ4n) is 1.29. The Hall–Kier alpha value is -1.07. The number of anilines is 1. The molecule has 0 unspecified atom stereocenters. The molecular weight excluding hydrogens is 300 g/mol. The van der Waals surface area contributed by atoms with Gasteiger partial charge < -0.3 is 10.1 Å². The van der Waals surface area contributed by atoms with E-state index < -0.39 is 0 Å². The molecule has 1 heterocycles. The molecule has 2 aromatic rings. The average Bonchev–Trinajstić information content (AvgIpc) is 2.77. The highest BCUT2D eigenvalue weighted by atomic mass is 79.9. The minimum Gasteiger partial charge on any atom is -0.488 e. The van der Waals surface area contributed by atoms with Gasteiger partial charge in [0.15, 0.2) is 5.13 Å². The van der Waals surface area contributed by atoms with Crippen LogP contribution in [0.15, 0.2) is 34.9 Å². The second-order valence-corrected chi connectivity index (χ2v) is 5.44. The fraction of sp³-hybridized carbons (Fsp3) is 0.250. The molecule has 0 amide bonds. The Kier molecular flexibility index (Phi) is 4.39. The number of benzene rings is 1. The van der Waals surface area contributed by atoms with Gasteiger partial charge in [-0.05, 0) is 31.2 Å². The monoisotopic (exact) mass is 312 g/mol. The van der Waals surface area contributed by atoms with E-state index in [1.165, 1.54) is 0 Å². The maximum absolute atomic E-state index is 5.66. The van der Waals surface area contributed by atoms with Crippen molar-refractivity contribution >= 4 is 32.4 Å². The first-order valence-corrected chi connectivity index (χ1v) is 6.96. The van der Waals surface area contributed by atoms with Crippen molar-refractivity contribution in [3.05, 3.63) is 39.8 Å². The molecule has 0 atom stereocenters. The van der Waals surface area contributed by atoms with Gasteiger partial charge in [-0.25, -0.2) is 4.98 Å². The van der Waals surface area contributed by atoms with E-state index in [-0.39, 0.29) is 0 Å². The highest BCUT2D eigenvalue weighted by molar-refractivity contribution is 9.10. The SMILES string of the molecule is CCNc1ncc(COc2ccc(Br)cc2)s1. The molecule has 5 heteroatoms. The zero-order valence-electron chi connectivity index (χ0n) is 9.44. The summed E-state index contributed by atoms with van der Waals surface area (Å²) < 4.78 is 6.71. The van der Waals surface area contributed by atoms with Crippen LogP contribution in [0.25, 0.3) is 0 Å². The molecule has 1 aromatic carbocycles. The Balaban J connectivity index is 1.90. The van der Waals surface area contributed by atoms with Crippen molar-refractivity contribution < 1.29 is 4.74 Å². The first kappa shape index (κ1) is 12.4. The third kappa shape index (κ3) is 3.71. The Morgan fingerprint density at radius 1 is 1.35 bits per heavy atom. The average molecular weight is 313 g/mol. The summed E-state index contributed by atoms with van der Waals surface area (Å²) in [5.74, 6) is 0.867. The fourth-order valence-corrected chi connectivity index (χ4v) is 2.35. The quantitative estimate of drug-likeness (QED) is 0.908. The van der Waals surface area contributed by atoms with Gasteiger partial charge >= 0.3 is 0 Å². The molecule has 0 bridgehead atoms. The molecule has 0 aliphatic carbocycles. The first-order valence-electron chi connectivity index (χ1n) is 5.35. The number of ether oxygens (including phenoxy) is 1. The van der Waals surface area contributed by atoms with Gasteiger partial charge in [-0.15, -0.1) is 0 Å². The minimum atomic E-state index is 0.560. The van der Waals surface area contributed by atoms with Crippen LogP contribution in [-0.2, 0) is 6.61 Å². The Labute approximate surface area is 113 Å². The summed E-state index contributed by atoms with van der Waals surface area (Å²) in [5, 5.41) is 4.13. The summed E-state index contributed by atoms with van der Waals surface area (Å²) in [6, 6.07) is 7.81. The number of nitrogens with zero attached hydrogens (tertiary/aromatic N) is 1. The van der Waals surface area contributed by atoms with E-state index in [1.54, 1.807) is 11.3 Å². The summed E-state index contributed by atoms with van der Waals surface area (Å²) >= 11 is 5.01. The molecule has 0 fully saturated rings. The van der Waals surface area contributed by atoms with Crippen LogP contribution in [0.3, 0.4) is 0 Å². The number of hydrogen-bond acceptors (Lipinski definition) is 4. The normalized spacial score (nSPS) is 10.2. The van der Waals surface area contributed by atoms with Gasteiger partial charge in [0.2, 0.25) is 0 Å². The lowest BCUT2D eigenvalue weighted by atomic mass is 10.3. The van der Waals surface area contributed by atoms with Crippen molar-refractivity contribution in [3.63, 3.8) is 0 Å². The van der Waals surface area contributed by atoms with Crippen LogP contribution in [0.2, 0.25) is 0 Å². The number of halogens is 1. The van der Waals surface area contributed by atoms with Crippen molar-refractivity contribution in [3.8, 4) is 5.75 Å². The number of nitrogens with one attached hydrogen (secondary N) is 1. The highest BCUT2D eigenvalue weighted by Gasteiger charge is 2.01. The van der Waals surface area contributed by atoms with Gasteiger partial charge in [0.05, 0.1) is 4.88 Å². The first-order chi connectivity index (χ1) is 8.28. The lowest BCUT2D eigenvalue weighted by Gasteiger charge is -2.03. The summed E-state index contributed by atoms with van der Waals surface area (Å²) in [5.41, 5.74) is 0. The third-order valence-electron chi connectivity index (χ3n) is 2.08. The molecule has 0 aliphatic rings. The van der Waals surface area contributed by atoms with E-state index in [9.17, 15) is 0 Å². The van der Waals surface area contributed by atoms with Gasteiger partial charge in [0.25, 0.3) is 0 Å². The van der Waals surface area contributed by atoms with Crippen LogP contribution in [0, 0.1) is 0 Å². The van der Waals surface area contributed by atoms with E-state index in [1.807, 2.05) is 30.5 Å². The number of hydrogen-bond donors (Lipinski definition) is 1. The zero-order chi connectivity index (χ0) is 12.1. The van der Waals surface area contributed by atoms with Crippen LogP contribution in [0.4, 0.5) is 5.13 Å². The molecule has 17 heavy (non-hydrogen) atoms. The highest BCUT2D eigenvalue weighted by Crippen LogP contribution is 2.21. The van der Waals surface area contributed by atoms with Crippen LogP contribution < -0.4 is 10.1 Å². The van der Waals surface area contributed by atoms with Crippen LogP contribution >= 0.6 is 27.3 Å². The van der Waals surface area contributed by atoms with Crippen molar-refractivity contribution in [1.29, 1.82) is 0 Å². The predicted octanol–water partition coefficient (Wildman–Crippen LogP) is 3.92. The maximum Gasteiger partial charge on any atom is 0.182 e. The Morgan fingerprint density at radius 3 is 2.82 bits per heavy atom. The van der Waals surface area contributed by atoms with Crippen LogP contribution in [0.1, 0.15) is 11.8 Å². The minimum absolute atomic E-state index is 0.560. The lowest BCUT2D eigenvalue weighted by Crippen LogP contribution is -1.94. The van der Waals surface area contributed by atoms with Crippen molar-refractivity contribution in [1.82, 2.24) is 4.98 Å². The number of thiazole rings is 1. The second kappa shape index (κ2) is 6.02. The standard InChI is InChI=1S/C12H13BrN2OS/c1-2-14-12-15-7-11(17-12)8-16-10-5-3-9(13)4-6-10/h3-7H,2,8H2,1H3,(H,14,15). The third-order valence-corrected chi connectivity index (χ3v) is 3.53. The van der Waals surface area contributed by atoms with Gasteiger partial charge in [-0.3, -0.25) is 0 Å². The molecule has 0 spiro atoms. The van der Waals surface area contributed by atoms with Crippen molar-refractivity contribution in [2.75, 3.05) is 11.9 Å². The zero-order valence-corrected chi connectivity index (χ0v) is 11.8. The van der Waals surface area contributed by atoms with E-state index in [4.69, 9.17) is 4.74 Å². The topological polar surface area (TPSA) is 34.2 Å². The molecule has 1 aromatic heterocycles. The molecule has 0 saturated carbocycles. The van der Waals surface area contributed by atoms with Gasteiger partial charge in [0.1, 0.15) is 12.4 Å². The molecule has 0 saturated heterocycles. The Bertz CT molecular complexity index is 470. The Morgan fingerprint density at radius 2 is 2.12 bits per heavy atom. The van der Waals surface area contributed by atoms with Crippen LogP contribution in [0.5, 0.6) is 5.75 Å². The largest absolute Gasteiger partial charge is 0.488 e. The van der Waals surface area contributed by atoms with E-state index in [0.717, 1.165) is 26.8 Å². The predicted molar refractivity (Wildman–Crippen MR) is 74.8 cm³/mol. The van der Waals surface area contributed by atoms with Crippen molar-refractivity contribution in [2.24, 2.45) is 0 Å². The summed E-state index contributed by atoms with van der Waals surface area (Å²) in [6.45, 7) is 3.50. The maximum atomic E-state index is 5.66. The summed E-state index contributed by atoms with van der Waals surface area (Å²) in [7, 11) is 0. The van der Waals surface area contributed by atoms with Gasteiger partial charge in [0, 0.05) is 17.2 Å². The molecule has 90 valence electrons. The second-order valence-electron chi connectivity index (χ2n) is 3.40. The van der Waals surface area contributed by atoms with Crippen LogP contribution in [-0.4, -0.2) is 11.5 Å². The van der Waals surface area contributed by atoms with Crippen molar-refractivity contribution in [2.45, 2.75) is 13.5 Å². The molecule has 0 aliphatic heterocycles. The summed E-state index contributed by atoms with van der Waals surface area (Å²) in [4.78, 5) is 5.37. The molecule has 0 radical (unpaired) electrons. The van der Waals surface area contributed by atoms with E-state index >= 15 is 0 Å². The van der Waals surface area contributed by atoms with Gasteiger partial charge in [-0.1, -0.05) is 27.3 Å². The lowest BCUT2D eigenvalue weighted by molar-refractivity contribution is 0.309. The van der Waals surface area contributed by atoms with E-state index in [0.29, 0.717) is 6.61 Å². The number of rotatable bonds is 5. The van der Waals surface area contributed by atoms with E-state index in [2.05, 4.69) is 33.2 Å². The molecule has 2 rings (SSSR count). The molecule has 3 nitrogen and oxygen atoms in total. The molecular formula is C12H13BrN2OS. The van der Waals surface area contributed by atoms with Gasteiger partial charge in [-0.2, -0.15) is 0 Å². The molecule has 1 N–H and O–H groups in total.